The third-order valence-electron chi connectivity index (χ3n) is 3.15. The van der Waals surface area contributed by atoms with Gasteiger partial charge in [-0.3, -0.25) is 9.00 Å². The van der Waals surface area contributed by atoms with Crippen LogP contribution < -0.4 is 5.32 Å². The fraction of sp³-hybridized carbons (Fsp3) is 0.176. The van der Waals surface area contributed by atoms with Gasteiger partial charge in [0.05, 0.1) is 26.3 Å². The summed E-state index contributed by atoms with van der Waals surface area (Å²) in [6.45, 7) is 1.19. The Hall–Kier alpha value is -2.25. The summed E-state index contributed by atoms with van der Waals surface area (Å²) in [6.07, 6.45) is 0. The van der Waals surface area contributed by atoms with E-state index in [-0.39, 0.29) is 16.3 Å². The number of hydrogen-bond donors (Lipinski definition) is 1. The van der Waals surface area contributed by atoms with Crippen LogP contribution in [0.2, 0.25) is 5.02 Å². The van der Waals surface area contributed by atoms with Crippen molar-refractivity contribution in [2.75, 3.05) is 17.7 Å². The van der Waals surface area contributed by atoms with Gasteiger partial charge in [-0.1, -0.05) is 30.7 Å². The Kier molecular flexibility index (Phi) is 6.66. The second-order valence-corrected chi connectivity index (χ2v) is 7.00. The molecule has 0 saturated carbocycles. The smallest absolute Gasteiger partial charge is 0.339 e. The second-order valence-electron chi connectivity index (χ2n) is 4.88. The van der Waals surface area contributed by atoms with Gasteiger partial charge in [-0.05, 0) is 30.3 Å². The number of hydrogen-bond acceptors (Lipinski definition) is 4. The monoisotopic (exact) mass is 383 g/mol. The third-order valence-corrected chi connectivity index (χ3v) is 4.81. The maximum Gasteiger partial charge on any atom is 0.339 e. The number of anilines is 1. The Morgan fingerprint density at radius 3 is 2.64 bits per heavy atom. The quantitative estimate of drug-likeness (QED) is 0.776. The molecule has 2 rings (SSSR count). The molecule has 1 atom stereocenters. The van der Waals surface area contributed by atoms with Crippen molar-refractivity contribution in [1.29, 1.82) is 0 Å². The molecule has 1 amide bonds. The first-order valence-corrected chi connectivity index (χ1v) is 9.01. The van der Waals surface area contributed by atoms with Crippen molar-refractivity contribution in [3.63, 3.8) is 0 Å². The van der Waals surface area contributed by atoms with Crippen molar-refractivity contribution in [2.45, 2.75) is 11.8 Å². The molecule has 0 fully saturated rings. The zero-order chi connectivity index (χ0) is 18.4. The highest BCUT2D eigenvalue weighted by molar-refractivity contribution is 7.85. The van der Waals surface area contributed by atoms with Gasteiger partial charge in [0.2, 0.25) is 0 Å². The van der Waals surface area contributed by atoms with Crippen molar-refractivity contribution in [1.82, 2.24) is 0 Å². The Morgan fingerprint density at radius 1 is 1.24 bits per heavy atom. The summed E-state index contributed by atoms with van der Waals surface area (Å²) in [5.74, 6) is -1.60. The number of esters is 1. The topological polar surface area (TPSA) is 72.5 Å². The molecular formula is C17H15ClFNO4S. The van der Waals surface area contributed by atoms with Gasteiger partial charge < -0.3 is 10.1 Å². The Balaban J connectivity index is 1.99. The summed E-state index contributed by atoms with van der Waals surface area (Å²) in [7, 11) is -1.32. The molecule has 0 saturated heterocycles. The Morgan fingerprint density at radius 2 is 1.96 bits per heavy atom. The minimum Gasteiger partial charge on any atom is -0.452 e. The molecular weight excluding hydrogens is 369 g/mol. The SMILES string of the molecule is CC[S@](=O)c1ccccc1C(=O)OCC(=O)Nc1ccc(F)c(Cl)c1. The first-order valence-electron chi connectivity index (χ1n) is 7.31. The van der Waals surface area contributed by atoms with E-state index < -0.39 is 35.1 Å². The molecule has 2 aromatic carbocycles. The maximum atomic E-state index is 13.1. The molecule has 0 spiro atoms. The van der Waals surface area contributed by atoms with E-state index in [9.17, 15) is 18.2 Å². The highest BCUT2D eigenvalue weighted by Crippen LogP contribution is 2.19. The van der Waals surface area contributed by atoms with Crippen LogP contribution in [0.4, 0.5) is 10.1 Å². The largest absolute Gasteiger partial charge is 0.452 e. The third kappa shape index (κ3) is 5.11. The minimum atomic E-state index is -1.32. The molecule has 0 aromatic heterocycles. The average Bonchev–Trinajstić information content (AvgIpc) is 2.62. The number of ether oxygens (including phenoxy) is 1. The number of carbonyl (C=O) groups is 2. The van der Waals surface area contributed by atoms with E-state index in [1.54, 1.807) is 25.1 Å². The molecule has 0 aliphatic heterocycles. The molecule has 132 valence electrons. The van der Waals surface area contributed by atoms with E-state index in [4.69, 9.17) is 16.3 Å². The summed E-state index contributed by atoms with van der Waals surface area (Å²) in [5.41, 5.74) is 0.431. The normalized spacial score (nSPS) is 11.6. The molecule has 0 radical (unpaired) electrons. The maximum absolute atomic E-state index is 13.1. The van der Waals surface area contributed by atoms with Crippen LogP contribution in [0, 0.1) is 5.82 Å². The fourth-order valence-electron chi connectivity index (χ4n) is 1.97. The lowest BCUT2D eigenvalue weighted by Crippen LogP contribution is -2.21. The number of nitrogens with one attached hydrogen (secondary N) is 1. The minimum absolute atomic E-state index is 0.134. The number of carbonyl (C=O) groups excluding carboxylic acids is 2. The van der Waals surface area contributed by atoms with Gasteiger partial charge in [0.1, 0.15) is 5.82 Å². The van der Waals surface area contributed by atoms with E-state index in [0.29, 0.717) is 10.6 Å². The molecule has 1 N–H and O–H groups in total. The predicted molar refractivity (Wildman–Crippen MR) is 93.7 cm³/mol. The van der Waals surface area contributed by atoms with Crippen LogP contribution in [0.15, 0.2) is 47.4 Å². The highest BCUT2D eigenvalue weighted by atomic mass is 35.5. The van der Waals surface area contributed by atoms with Crippen molar-refractivity contribution < 1.29 is 22.9 Å². The van der Waals surface area contributed by atoms with Crippen LogP contribution in [0.3, 0.4) is 0 Å². The lowest BCUT2D eigenvalue weighted by atomic mass is 10.2. The van der Waals surface area contributed by atoms with E-state index in [0.717, 1.165) is 6.07 Å². The molecule has 0 heterocycles. The van der Waals surface area contributed by atoms with Crippen molar-refractivity contribution in [3.05, 3.63) is 58.9 Å². The molecule has 0 aliphatic carbocycles. The zero-order valence-corrected chi connectivity index (χ0v) is 14.8. The van der Waals surface area contributed by atoms with Crippen LogP contribution in [-0.4, -0.2) is 28.4 Å². The van der Waals surface area contributed by atoms with Gasteiger partial charge in [0.25, 0.3) is 5.91 Å². The molecule has 2 aromatic rings. The highest BCUT2D eigenvalue weighted by Gasteiger charge is 2.17. The fourth-order valence-corrected chi connectivity index (χ4v) is 3.09. The Labute approximate surface area is 151 Å². The number of amides is 1. The van der Waals surface area contributed by atoms with Crippen molar-refractivity contribution in [2.24, 2.45) is 0 Å². The van der Waals surface area contributed by atoms with Gasteiger partial charge >= 0.3 is 5.97 Å². The standard InChI is InChI=1S/C17H15ClFNO4S/c1-2-25(23)15-6-4-3-5-12(15)17(22)24-10-16(21)20-11-7-8-14(19)13(18)9-11/h3-9H,2,10H2,1H3,(H,20,21)/t25-/m0/s1. The van der Waals surface area contributed by atoms with Crippen LogP contribution in [0.1, 0.15) is 17.3 Å². The van der Waals surface area contributed by atoms with Gasteiger partial charge in [-0.15, -0.1) is 0 Å². The van der Waals surface area contributed by atoms with E-state index >= 15 is 0 Å². The first-order chi connectivity index (χ1) is 11.9. The summed E-state index contributed by atoms with van der Waals surface area (Å²) in [5, 5.41) is 2.30. The van der Waals surface area contributed by atoms with Crippen molar-refractivity contribution >= 4 is 40.0 Å². The van der Waals surface area contributed by atoms with Crippen LogP contribution >= 0.6 is 11.6 Å². The van der Waals surface area contributed by atoms with Gasteiger partial charge in [0, 0.05) is 11.4 Å². The van der Waals surface area contributed by atoms with Crippen LogP contribution in [0.25, 0.3) is 0 Å². The molecule has 8 heteroatoms. The average molecular weight is 384 g/mol. The van der Waals surface area contributed by atoms with E-state index in [1.807, 2.05) is 0 Å². The molecule has 5 nitrogen and oxygen atoms in total. The lowest BCUT2D eigenvalue weighted by Gasteiger charge is -2.09. The number of halogens is 2. The van der Waals surface area contributed by atoms with E-state index in [2.05, 4.69) is 5.32 Å². The summed E-state index contributed by atoms with van der Waals surface area (Å²) < 4.78 is 30.0. The van der Waals surface area contributed by atoms with Crippen LogP contribution in [-0.2, 0) is 20.3 Å². The van der Waals surface area contributed by atoms with Crippen molar-refractivity contribution in [3.8, 4) is 0 Å². The predicted octanol–water partition coefficient (Wildman–Crippen LogP) is 3.40. The molecule has 0 aliphatic rings. The zero-order valence-electron chi connectivity index (χ0n) is 13.3. The lowest BCUT2D eigenvalue weighted by molar-refractivity contribution is -0.119. The second kappa shape index (κ2) is 8.73. The number of benzene rings is 2. The summed E-state index contributed by atoms with van der Waals surface area (Å²) >= 11 is 5.63. The van der Waals surface area contributed by atoms with E-state index in [1.165, 1.54) is 18.2 Å². The first kappa shape index (κ1) is 19.1. The Bertz CT molecular complexity index is 828. The van der Waals surface area contributed by atoms with Gasteiger partial charge in [0.15, 0.2) is 6.61 Å². The summed E-state index contributed by atoms with van der Waals surface area (Å²) in [6, 6.07) is 10.1. The summed E-state index contributed by atoms with van der Waals surface area (Å²) in [4.78, 5) is 24.3. The van der Waals surface area contributed by atoms with Crippen LogP contribution in [0.5, 0.6) is 0 Å². The van der Waals surface area contributed by atoms with Gasteiger partial charge in [-0.25, -0.2) is 9.18 Å². The molecule has 0 unspecified atom stereocenters. The number of rotatable bonds is 6. The molecule has 0 bridgehead atoms. The van der Waals surface area contributed by atoms with Gasteiger partial charge in [-0.2, -0.15) is 0 Å². The molecule has 25 heavy (non-hydrogen) atoms.